The van der Waals surface area contributed by atoms with Crippen molar-refractivity contribution in [1.29, 1.82) is 0 Å². The van der Waals surface area contributed by atoms with Crippen molar-refractivity contribution in [1.82, 2.24) is 0 Å². The van der Waals surface area contributed by atoms with Gasteiger partial charge in [0.05, 0.1) is 10.6 Å². The number of amides is 1. The van der Waals surface area contributed by atoms with E-state index in [0.717, 1.165) is 4.31 Å². The zero-order valence-corrected chi connectivity index (χ0v) is 13.4. The minimum Gasteiger partial charge on any atom is -0.368 e. The Hall–Kier alpha value is -2.05. The highest BCUT2D eigenvalue weighted by Crippen LogP contribution is 2.30. The van der Waals surface area contributed by atoms with Crippen LogP contribution in [0.2, 0.25) is 5.02 Å². The molecule has 0 aliphatic rings. The number of rotatable bonds is 5. The van der Waals surface area contributed by atoms with Gasteiger partial charge >= 0.3 is 0 Å². The first-order chi connectivity index (χ1) is 10.3. The van der Waals surface area contributed by atoms with E-state index < -0.39 is 22.5 Å². The topological polar surface area (TPSA) is 80.5 Å². The first kappa shape index (κ1) is 16.3. The van der Waals surface area contributed by atoms with Crippen LogP contribution in [0.25, 0.3) is 0 Å². The van der Waals surface area contributed by atoms with Crippen molar-refractivity contribution in [3.05, 3.63) is 59.1 Å². The molecule has 2 aromatic carbocycles. The number of benzene rings is 2. The molecule has 22 heavy (non-hydrogen) atoms. The minimum absolute atomic E-state index is 0.0793. The lowest BCUT2D eigenvalue weighted by molar-refractivity contribution is -0.116. The number of sulfonamides is 1. The zero-order valence-electron chi connectivity index (χ0n) is 11.9. The predicted molar refractivity (Wildman–Crippen MR) is 86.4 cm³/mol. The number of nitrogens with zero attached hydrogens (tertiary/aromatic N) is 1. The Morgan fingerprint density at radius 1 is 1.14 bits per heavy atom. The lowest BCUT2D eigenvalue weighted by Crippen LogP contribution is -2.39. The molecule has 0 spiro atoms. The highest BCUT2D eigenvalue weighted by molar-refractivity contribution is 7.92. The standard InChI is InChI=1S/C15H15ClN2O3S/c1-11-13(16)8-5-9-14(11)18(10-15(17)19)22(20,21)12-6-3-2-4-7-12/h2-9H,10H2,1H3,(H2,17,19). The number of carbonyl (C=O) groups is 1. The van der Waals surface area contributed by atoms with Gasteiger partial charge in [-0.15, -0.1) is 0 Å². The van der Waals surface area contributed by atoms with Crippen LogP contribution in [0.4, 0.5) is 5.69 Å². The Labute approximate surface area is 134 Å². The summed E-state index contributed by atoms with van der Waals surface area (Å²) in [6, 6.07) is 12.7. The van der Waals surface area contributed by atoms with Gasteiger partial charge in [-0.2, -0.15) is 0 Å². The van der Waals surface area contributed by atoms with Gasteiger partial charge in [0, 0.05) is 5.02 Å². The van der Waals surface area contributed by atoms with Gasteiger partial charge in [-0.3, -0.25) is 9.10 Å². The highest BCUT2D eigenvalue weighted by Gasteiger charge is 2.27. The average Bonchev–Trinajstić information content (AvgIpc) is 2.48. The van der Waals surface area contributed by atoms with E-state index in [1.54, 1.807) is 43.3 Å². The Morgan fingerprint density at radius 2 is 1.77 bits per heavy atom. The molecule has 2 aromatic rings. The quantitative estimate of drug-likeness (QED) is 0.908. The molecule has 5 nitrogen and oxygen atoms in total. The number of halogens is 1. The van der Waals surface area contributed by atoms with Gasteiger partial charge in [0.25, 0.3) is 10.0 Å². The molecule has 0 bridgehead atoms. The maximum absolute atomic E-state index is 12.8. The molecule has 0 aliphatic carbocycles. The van der Waals surface area contributed by atoms with Crippen molar-refractivity contribution in [2.45, 2.75) is 11.8 Å². The third kappa shape index (κ3) is 3.23. The fourth-order valence-electron chi connectivity index (χ4n) is 2.03. The summed E-state index contributed by atoms with van der Waals surface area (Å²) in [5.74, 6) is -0.751. The summed E-state index contributed by atoms with van der Waals surface area (Å²) in [5.41, 5.74) is 6.10. The number of hydrogen-bond donors (Lipinski definition) is 1. The second-order valence-electron chi connectivity index (χ2n) is 4.68. The molecule has 0 heterocycles. The summed E-state index contributed by atoms with van der Waals surface area (Å²) in [4.78, 5) is 11.4. The van der Waals surface area contributed by atoms with Crippen LogP contribution in [0.1, 0.15) is 5.56 Å². The van der Waals surface area contributed by atoms with Crippen LogP contribution >= 0.6 is 11.6 Å². The second-order valence-corrected chi connectivity index (χ2v) is 6.94. The van der Waals surface area contributed by atoms with Crippen LogP contribution in [-0.2, 0) is 14.8 Å². The molecule has 2 rings (SSSR count). The monoisotopic (exact) mass is 338 g/mol. The molecule has 0 aliphatic heterocycles. The van der Waals surface area contributed by atoms with E-state index in [1.807, 2.05) is 0 Å². The summed E-state index contributed by atoms with van der Waals surface area (Å²) < 4.78 is 26.6. The van der Waals surface area contributed by atoms with Crippen molar-refractivity contribution >= 4 is 33.2 Å². The van der Waals surface area contributed by atoms with Gasteiger partial charge in [0.1, 0.15) is 6.54 Å². The first-order valence-corrected chi connectivity index (χ1v) is 8.27. The molecule has 0 saturated heterocycles. The third-order valence-corrected chi connectivity index (χ3v) is 5.32. The van der Waals surface area contributed by atoms with E-state index in [0.29, 0.717) is 16.3 Å². The normalized spacial score (nSPS) is 11.2. The first-order valence-electron chi connectivity index (χ1n) is 6.45. The summed E-state index contributed by atoms with van der Waals surface area (Å²) in [7, 11) is -3.91. The Kier molecular flexibility index (Phi) is 4.73. The van der Waals surface area contributed by atoms with Gasteiger partial charge in [-0.25, -0.2) is 8.42 Å². The van der Waals surface area contributed by atoms with Crippen LogP contribution in [0, 0.1) is 6.92 Å². The van der Waals surface area contributed by atoms with Crippen LogP contribution < -0.4 is 10.0 Å². The maximum Gasteiger partial charge on any atom is 0.264 e. The Balaban J connectivity index is 2.61. The molecule has 0 aromatic heterocycles. The van der Waals surface area contributed by atoms with Gasteiger partial charge < -0.3 is 5.73 Å². The number of anilines is 1. The van der Waals surface area contributed by atoms with E-state index >= 15 is 0 Å². The molecular weight excluding hydrogens is 324 g/mol. The summed E-state index contributed by atoms with van der Waals surface area (Å²) in [6.45, 7) is 1.23. The smallest absolute Gasteiger partial charge is 0.264 e. The molecule has 1 amide bonds. The van der Waals surface area contributed by atoms with E-state index in [-0.39, 0.29) is 4.90 Å². The van der Waals surface area contributed by atoms with E-state index in [9.17, 15) is 13.2 Å². The molecule has 116 valence electrons. The van der Waals surface area contributed by atoms with Crippen molar-refractivity contribution in [2.75, 3.05) is 10.8 Å². The molecule has 0 unspecified atom stereocenters. The largest absolute Gasteiger partial charge is 0.368 e. The summed E-state index contributed by atoms with van der Waals surface area (Å²) >= 11 is 6.05. The fourth-order valence-corrected chi connectivity index (χ4v) is 3.71. The average molecular weight is 339 g/mol. The number of hydrogen-bond acceptors (Lipinski definition) is 3. The van der Waals surface area contributed by atoms with Gasteiger partial charge in [-0.1, -0.05) is 35.9 Å². The van der Waals surface area contributed by atoms with E-state index in [1.165, 1.54) is 12.1 Å². The van der Waals surface area contributed by atoms with Gasteiger partial charge in [0.2, 0.25) is 5.91 Å². The van der Waals surface area contributed by atoms with Crippen molar-refractivity contribution in [2.24, 2.45) is 5.73 Å². The molecule has 0 radical (unpaired) electrons. The fraction of sp³-hybridized carbons (Fsp3) is 0.133. The van der Waals surface area contributed by atoms with E-state index in [2.05, 4.69) is 0 Å². The van der Waals surface area contributed by atoms with Gasteiger partial charge in [0.15, 0.2) is 0 Å². The maximum atomic E-state index is 12.8. The van der Waals surface area contributed by atoms with E-state index in [4.69, 9.17) is 17.3 Å². The van der Waals surface area contributed by atoms with Crippen molar-refractivity contribution < 1.29 is 13.2 Å². The van der Waals surface area contributed by atoms with Crippen LogP contribution in [0.3, 0.4) is 0 Å². The lowest BCUT2D eigenvalue weighted by atomic mass is 10.2. The SMILES string of the molecule is Cc1c(Cl)cccc1N(CC(N)=O)S(=O)(=O)c1ccccc1. The number of nitrogens with two attached hydrogens (primary N) is 1. The molecule has 2 N–H and O–H groups in total. The Morgan fingerprint density at radius 3 is 2.36 bits per heavy atom. The van der Waals surface area contributed by atoms with Crippen molar-refractivity contribution in [3.8, 4) is 0 Å². The molecule has 0 saturated carbocycles. The molecule has 0 fully saturated rings. The number of carbonyl (C=O) groups excluding carboxylic acids is 1. The van der Waals surface area contributed by atoms with Crippen LogP contribution in [0.15, 0.2) is 53.4 Å². The lowest BCUT2D eigenvalue weighted by Gasteiger charge is -2.25. The molecule has 7 heteroatoms. The summed E-state index contributed by atoms with van der Waals surface area (Å²) in [6.07, 6.45) is 0. The summed E-state index contributed by atoms with van der Waals surface area (Å²) in [5, 5.41) is 0.412. The molecular formula is C15H15ClN2O3S. The van der Waals surface area contributed by atoms with Crippen LogP contribution in [-0.4, -0.2) is 20.9 Å². The third-order valence-electron chi connectivity index (χ3n) is 3.14. The van der Waals surface area contributed by atoms with Gasteiger partial charge in [-0.05, 0) is 36.8 Å². The minimum atomic E-state index is -3.91. The number of primary amides is 1. The molecule has 0 atom stereocenters. The Bertz CT molecular complexity index is 792. The predicted octanol–water partition coefficient (Wildman–Crippen LogP) is 2.33. The highest BCUT2D eigenvalue weighted by atomic mass is 35.5. The second kappa shape index (κ2) is 6.37. The van der Waals surface area contributed by atoms with Crippen molar-refractivity contribution in [3.63, 3.8) is 0 Å². The van der Waals surface area contributed by atoms with Crippen LogP contribution in [0.5, 0.6) is 0 Å². The zero-order chi connectivity index (χ0) is 16.3.